The van der Waals surface area contributed by atoms with Crippen molar-refractivity contribution in [3.63, 3.8) is 0 Å². The van der Waals surface area contributed by atoms with Crippen molar-refractivity contribution in [3.05, 3.63) is 0 Å². The molecule has 0 aromatic rings. The van der Waals surface area contributed by atoms with Gasteiger partial charge in [-0.05, 0) is 26.3 Å². The molecule has 0 spiro atoms. The molecule has 1 fully saturated rings. The highest BCUT2D eigenvalue weighted by Crippen LogP contribution is 2.20. The molecule has 0 aromatic carbocycles. The molecule has 12 heavy (non-hydrogen) atoms. The molecule has 2 unspecified atom stereocenters. The van der Waals surface area contributed by atoms with Gasteiger partial charge in [0.1, 0.15) is 0 Å². The maximum absolute atomic E-state index is 5.49. The fourth-order valence-electron chi connectivity index (χ4n) is 1.73. The minimum Gasteiger partial charge on any atom is -0.378 e. The van der Waals surface area contributed by atoms with E-state index in [1.165, 1.54) is 6.42 Å². The van der Waals surface area contributed by atoms with Crippen LogP contribution in [0.2, 0.25) is 0 Å². The zero-order chi connectivity index (χ0) is 8.97. The van der Waals surface area contributed by atoms with Crippen molar-refractivity contribution in [3.8, 4) is 0 Å². The second-order valence-corrected chi connectivity index (χ2v) is 3.68. The molecule has 0 amide bonds. The zero-order valence-electron chi connectivity index (χ0n) is 8.12. The Morgan fingerprint density at radius 2 is 2.33 bits per heavy atom. The van der Waals surface area contributed by atoms with E-state index in [0.717, 1.165) is 26.2 Å². The normalized spacial score (nSPS) is 30.0. The summed E-state index contributed by atoms with van der Waals surface area (Å²) >= 11 is 0. The molecule has 0 saturated carbocycles. The molecule has 1 aliphatic heterocycles. The number of rotatable bonds is 4. The number of nitrogens with two attached hydrogens (primary N) is 1. The topological polar surface area (TPSA) is 38.5 Å². The Morgan fingerprint density at radius 1 is 1.58 bits per heavy atom. The fourth-order valence-corrected chi connectivity index (χ4v) is 1.73. The Kier molecular flexibility index (Phi) is 3.98. The standard InChI is InChI=1S/C9H20N2O/c1-8-9(3-6-12-8)7-11(2)5-4-10/h8-9H,3-7,10H2,1-2H3. The SMILES string of the molecule is CC1OCCC1CN(C)CCN. The summed E-state index contributed by atoms with van der Waals surface area (Å²) in [4.78, 5) is 2.29. The number of hydrogen-bond acceptors (Lipinski definition) is 3. The second kappa shape index (κ2) is 4.80. The summed E-state index contributed by atoms with van der Waals surface area (Å²) in [5.74, 6) is 0.710. The first-order chi connectivity index (χ1) is 5.74. The van der Waals surface area contributed by atoms with Crippen LogP contribution in [-0.4, -0.2) is 44.3 Å². The number of nitrogens with zero attached hydrogens (tertiary/aromatic N) is 1. The predicted molar refractivity (Wildman–Crippen MR) is 50.1 cm³/mol. The highest BCUT2D eigenvalue weighted by molar-refractivity contribution is 4.75. The van der Waals surface area contributed by atoms with Crippen LogP contribution >= 0.6 is 0 Å². The third-order valence-corrected chi connectivity index (χ3v) is 2.59. The van der Waals surface area contributed by atoms with Gasteiger partial charge in [-0.2, -0.15) is 0 Å². The third-order valence-electron chi connectivity index (χ3n) is 2.59. The lowest BCUT2D eigenvalue weighted by Gasteiger charge is -2.21. The number of likely N-dealkylation sites (N-methyl/N-ethyl adjacent to an activating group) is 1. The Bertz CT molecular complexity index is 130. The molecule has 2 atom stereocenters. The van der Waals surface area contributed by atoms with Gasteiger partial charge in [0.25, 0.3) is 0 Å². The van der Waals surface area contributed by atoms with Gasteiger partial charge in [0.15, 0.2) is 0 Å². The summed E-state index contributed by atoms with van der Waals surface area (Å²) in [5, 5.41) is 0. The summed E-state index contributed by atoms with van der Waals surface area (Å²) in [6.45, 7) is 5.95. The second-order valence-electron chi connectivity index (χ2n) is 3.68. The predicted octanol–water partition coefficient (Wildman–Crippen LogP) is 0.302. The minimum atomic E-state index is 0.435. The Balaban J connectivity index is 2.20. The van der Waals surface area contributed by atoms with Crippen molar-refractivity contribution in [2.24, 2.45) is 11.7 Å². The maximum Gasteiger partial charge on any atom is 0.0588 e. The van der Waals surface area contributed by atoms with E-state index in [1.807, 2.05) is 0 Å². The Labute approximate surface area is 74.9 Å². The summed E-state index contributed by atoms with van der Waals surface area (Å²) in [7, 11) is 2.12. The van der Waals surface area contributed by atoms with Gasteiger partial charge in [-0.25, -0.2) is 0 Å². The molecule has 1 heterocycles. The van der Waals surface area contributed by atoms with Crippen molar-refractivity contribution < 1.29 is 4.74 Å². The van der Waals surface area contributed by atoms with Crippen LogP contribution in [0.1, 0.15) is 13.3 Å². The average Bonchev–Trinajstić information content (AvgIpc) is 2.37. The summed E-state index contributed by atoms with van der Waals surface area (Å²) in [5.41, 5.74) is 5.47. The van der Waals surface area contributed by atoms with Crippen molar-refractivity contribution in [1.82, 2.24) is 4.90 Å². The fraction of sp³-hybridized carbons (Fsp3) is 1.00. The van der Waals surface area contributed by atoms with Crippen LogP contribution in [0.4, 0.5) is 0 Å². The van der Waals surface area contributed by atoms with Crippen LogP contribution in [0.25, 0.3) is 0 Å². The summed E-state index contributed by atoms with van der Waals surface area (Å²) < 4.78 is 5.49. The molecule has 3 heteroatoms. The first-order valence-corrected chi connectivity index (χ1v) is 4.74. The largest absolute Gasteiger partial charge is 0.378 e. The zero-order valence-corrected chi connectivity index (χ0v) is 8.12. The number of hydrogen-bond donors (Lipinski definition) is 1. The van der Waals surface area contributed by atoms with Crippen molar-refractivity contribution in [2.45, 2.75) is 19.4 Å². The van der Waals surface area contributed by atoms with Crippen molar-refractivity contribution in [1.29, 1.82) is 0 Å². The minimum absolute atomic E-state index is 0.435. The number of ether oxygens (including phenoxy) is 1. The van der Waals surface area contributed by atoms with Gasteiger partial charge in [0, 0.05) is 26.2 Å². The van der Waals surface area contributed by atoms with Crippen LogP contribution in [0.3, 0.4) is 0 Å². The van der Waals surface area contributed by atoms with Gasteiger partial charge >= 0.3 is 0 Å². The summed E-state index contributed by atoms with van der Waals surface area (Å²) in [6, 6.07) is 0. The van der Waals surface area contributed by atoms with Crippen LogP contribution < -0.4 is 5.73 Å². The third kappa shape index (κ3) is 2.73. The summed E-state index contributed by atoms with van der Waals surface area (Å²) in [6.07, 6.45) is 1.64. The lowest BCUT2D eigenvalue weighted by atomic mass is 10.0. The van der Waals surface area contributed by atoms with E-state index in [4.69, 9.17) is 10.5 Å². The van der Waals surface area contributed by atoms with E-state index in [-0.39, 0.29) is 0 Å². The maximum atomic E-state index is 5.49. The van der Waals surface area contributed by atoms with Gasteiger partial charge < -0.3 is 15.4 Å². The molecule has 2 N–H and O–H groups in total. The van der Waals surface area contributed by atoms with E-state index in [1.54, 1.807) is 0 Å². The molecule has 0 radical (unpaired) electrons. The van der Waals surface area contributed by atoms with Gasteiger partial charge in [0.05, 0.1) is 6.10 Å². The van der Waals surface area contributed by atoms with E-state index in [9.17, 15) is 0 Å². The molecule has 72 valence electrons. The molecule has 3 nitrogen and oxygen atoms in total. The first-order valence-electron chi connectivity index (χ1n) is 4.74. The monoisotopic (exact) mass is 172 g/mol. The van der Waals surface area contributed by atoms with Crippen LogP contribution in [0, 0.1) is 5.92 Å². The molecule has 0 aromatic heterocycles. The molecule has 0 aliphatic carbocycles. The van der Waals surface area contributed by atoms with E-state index in [0.29, 0.717) is 12.0 Å². The molecular weight excluding hydrogens is 152 g/mol. The van der Waals surface area contributed by atoms with Gasteiger partial charge in [-0.1, -0.05) is 0 Å². The lowest BCUT2D eigenvalue weighted by Crippen LogP contribution is -2.32. The molecule has 1 aliphatic rings. The molecule has 1 rings (SSSR count). The van der Waals surface area contributed by atoms with Crippen LogP contribution in [0.5, 0.6) is 0 Å². The Morgan fingerprint density at radius 3 is 2.83 bits per heavy atom. The van der Waals surface area contributed by atoms with Gasteiger partial charge in [0.2, 0.25) is 0 Å². The Hall–Kier alpha value is -0.120. The lowest BCUT2D eigenvalue weighted by molar-refractivity contribution is 0.0963. The van der Waals surface area contributed by atoms with Crippen LogP contribution in [-0.2, 0) is 4.74 Å². The van der Waals surface area contributed by atoms with Crippen molar-refractivity contribution in [2.75, 3.05) is 33.3 Å². The highest BCUT2D eigenvalue weighted by Gasteiger charge is 2.24. The highest BCUT2D eigenvalue weighted by atomic mass is 16.5. The average molecular weight is 172 g/mol. The van der Waals surface area contributed by atoms with E-state index in [2.05, 4.69) is 18.9 Å². The van der Waals surface area contributed by atoms with Gasteiger partial charge in [-0.3, -0.25) is 0 Å². The molecular formula is C9H20N2O. The smallest absolute Gasteiger partial charge is 0.0588 e. The van der Waals surface area contributed by atoms with Crippen molar-refractivity contribution >= 4 is 0 Å². The molecule has 0 bridgehead atoms. The quantitative estimate of drug-likeness (QED) is 0.663. The van der Waals surface area contributed by atoms with Gasteiger partial charge in [-0.15, -0.1) is 0 Å². The molecule has 1 saturated heterocycles. The van der Waals surface area contributed by atoms with E-state index >= 15 is 0 Å². The first kappa shape index (κ1) is 9.96. The van der Waals surface area contributed by atoms with E-state index < -0.39 is 0 Å². The van der Waals surface area contributed by atoms with Crippen LogP contribution in [0.15, 0.2) is 0 Å².